The lowest BCUT2D eigenvalue weighted by Gasteiger charge is -2.30. The van der Waals surface area contributed by atoms with Crippen LogP contribution in [0.2, 0.25) is 0 Å². The van der Waals surface area contributed by atoms with Crippen molar-refractivity contribution in [3.8, 4) is 0 Å². The average Bonchev–Trinajstić information content (AvgIpc) is 3.76. The Hall–Kier alpha value is -2.96. The van der Waals surface area contributed by atoms with Crippen molar-refractivity contribution in [1.82, 2.24) is 30.2 Å². The number of nitrogens with one attached hydrogen (secondary N) is 2. The van der Waals surface area contributed by atoms with E-state index in [1.807, 2.05) is 12.2 Å². The number of nitrogens with zero attached hydrogens (tertiary/aromatic N) is 4. The zero-order valence-electron chi connectivity index (χ0n) is 35.0. The highest BCUT2D eigenvalue weighted by molar-refractivity contribution is 8.13. The van der Waals surface area contributed by atoms with E-state index in [0.717, 1.165) is 41.8 Å². The van der Waals surface area contributed by atoms with Gasteiger partial charge in [0.1, 0.15) is 36.3 Å². The number of ether oxygens (including phenoxy) is 1. The van der Waals surface area contributed by atoms with E-state index in [4.69, 9.17) is 19.5 Å². The summed E-state index contributed by atoms with van der Waals surface area (Å²) in [5.41, 5.74) is 4.27. The molecule has 0 aromatic carbocycles. The molecule has 24 nitrogen and oxygen atoms in total. The van der Waals surface area contributed by atoms with Gasteiger partial charge in [0.2, 0.25) is 11.8 Å². The summed E-state index contributed by atoms with van der Waals surface area (Å²) in [7, 11) is -16.4. The van der Waals surface area contributed by atoms with E-state index in [9.17, 15) is 57.9 Å². The first-order valence-corrected chi connectivity index (χ1v) is 25.4. The topological polar surface area (TPSA) is 364 Å². The molecule has 1 saturated heterocycles. The van der Waals surface area contributed by atoms with Gasteiger partial charge in [-0.2, -0.15) is 4.31 Å². The summed E-state index contributed by atoms with van der Waals surface area (Å²) in [6, 6.07) is 0. The van der Waals surface area contributed by atoms with Crippen LogP contribution in [0.15, 0.2) is 37.0 Å². The molecule has 3 unspecified atom stereocenters. The van der Waals surface area contributed by atoms with Crippen molar-refractivity contribution in [3.63, 3.8) is 0 Å². The Bertz CT molecular complexity index is 2020. The van der Waals surface area contributed by atoms with Crippen molar-refractivity contribution in [3.05, 3.63) is 37.0 Å². The number of aromatic nitrogens is 4. The number of nitrogens with two attached hydrogens (primary N) is 1. The van der Waals surface area contributed by atoms with E-state index >= 15 is 0 Å². The molecular weight excluding hydrogens is 915 g/mol. The predicted molar refractivity (Wildman–Crippen MR) is 228 cm³/mol. The number of aliphatic hydroxyl groups is 2. The van der Waals surface area contributed by atoms with Crippen LogP contribution in [0.4, 0.5) is 5.82 Å². The van der Waals surface area contributed by atoms with Gasteiger partial charge in [-0.25, -0.2) is 28.6 Å². The maximum absolute atomic E-state index is 12.7. The van der Waals surface area contributed by atoms with Crippen LogP contribution in [0.3, 0.4) is 0 Å². The molecular formula is C35H58N7O17P3S. The molecule has 2 aromatic rings. The van der Waals surface area contributed by atoms with Crippen LogP contribution >= 0.6 is 35.2 Å². The average molecular weight is 974 g/mol. The molecule has 0 saturated carbocycles. The first-order chi connectivity index (χ1) is 29.6. The largest absolute Gasteiger partial charge is 0.481 e. The van der Waals surface area contributed by atoms with Gasteiger partial charge in [0.25, 0.3) is 0 Å². The van der Waals surface area contributed by atoms with Gasteiger partial charge in [0.15, 0.2) is 22.8 Å². The Morgan fingerprint density at radius 1 is 0.984 bits per heavy atom. The van der Waals surface area contributed by atoms with Crippen molar-refractivity contribution >= 4 is 69.1 Å². The molecule has 10 N–H and O–H groups in total. The first kappa shape index (κ1) is 54.4. The SMILES string of the molecule is CCCCCCCC/C=C\C=C/CC(=O)SCCNC(=O)CCNC(=O)C(O)C(C)(C)COP(=O)(O)OP(=O)(O)OC[C@H]1O[C@@H](n2cnc3c(N)ncnc32)[C@H](O)[C@@H]1OP(=O)(O)O. The number of phosphoric ester groups is 3. The fourth-order valence-electron chi connectivity index (χ4n) is 5.81. The molecule has 0 aliphatic carbocycles. The normalized spacial score (nSPS) is 20.8. The van der Waals surface area contributed by atoms with Gasteiger partial charge in [-0.1, -0.05) is 88.9 Å². The lowest BCUT2D eigenvalue weighted by molar-refractivity contribution is -0.137. The van der Waals surface area contributed by atoms with E-state index in [-0.39, 0.29) is 48.0 Å². The zero-order valence-corrected chi connectivity index (χ0v) is 38.5. The Balaban J connectivity index is 1.38. The Morgan fingerprint density at radius 2 is 1.67 bits per heavy atom. The Morgan fingerprint density at radius 3 is 2.38 bits per heavy atom. The first-order valence-electron chi connectivity index (χ1n) is 19.9. The lowest BCUT2D eigenvalue weighted by atomic mass is 9.87. The summed E-state index contributed by atoms with van der Waals surface area (Å²) >= 11 is 1.08. The van der Waals surface area contributed by atoms with Gasteiger partial charge in [-0.05, 0) is 12.8 Å². The van der Waals surface area contributed by atoms with Gasteiger partial charge in [0.05, 0.1) is 19.5 Å². The summed E-state index contributed by atoms with van der Waals surface area (Å²) < 4.78 is 62.3. The lowest BCUT2D eigenvalue weighted by Crippen LogP contribution is -2.46. The molecule has 0 bridgehead atoms. The number of unbranched alkanes of at least 4 members (excludes halogenated alkanes) is 6. The van der Waals surface area contributed by atoms with E-state index in [2.05, 4.69) is 47.4 Å². The van der Waals surface area contributed by atoms with Crippen molar-refractivity contribution in [2.45, 2.75) is 109 Å². The number of allylic oxidation sites excluding steroid dienone is 4. The molecule has 1 aliphatic rings. The number of carbonyl (C=O) groups excluding carboxylic acids is 3. The van der Waals surface area contributed by atoms with Crippen LogP contribution in [0.25, 0.3) is 11.2 Å². The van der Waals surface area contributed by atoms with Crippen LogP contribution in [-0.4, -0.2) is 123 Å². The number of fused-ring (bicyclic) bond motifs is 1. The smallest absolute Gasteiger partial charge is 0.386 e. The third kappa shape index (κ3) is 19.2. The number of hydrogen-bond acceptors (Lipinski definition) is 18. The highest BCUT2D eigenvalue weighted by Gasteiger charge is 2.50. The van der Waals surface area contributed by atoms with Gasteiger partial charge in [0, 0.05) is 37.1 Å². The van der Waals surface area contributed by atoms with Crippen LogP contribution in [0, 0.1) is 5.41 Å². The standard InChI is InChI=1S/C35H58N7O17P3S/c1-4-5-6-7-8-9-10-11-12-13-14-15-26(44)63-19-18-37-25(43)16-17-38-33(47)30(46)35(2,3)21-56-62(53,54)59-61(51,52)55-20-24-29(58-60(48,49)50)28(45)34(57-24)42-23-41-27-31(36)39-22-40-32(27)42/h11-14,22-24,28-30,34,45-46H,4-10,15-21H2,1-3H3,(H,37,43)(H,38,47)(H,51,52)(H,53,54)(H2,36,39,40)(H2,48,49,50)/b12-11-,14-13-/t24-,28-,29-,30?,34-/m1/s1. The Kier molecular flexibility index (Phi) is 22.1. The van der Waals surface area contributed by atoms with E-state index in [0.29, 0.717) is 5.75 Å². The molecule has 0 spiro atoms. The van der Waals surface area contributed by atoms with E-state index < -0.39 is 84.6 Å². The van der Waals surface area contributed by atoms with Crippen molar-refractivity contribution in [1.29, 1.82) is 0 Å². The monoisotopic (exact) mass is 973 g/mol. The predicted octanol–water partition coefficient (Wildman–Crippen LogP) is 2.92. The summed E-state index contributed by atoms with van der Waals surface area (Å²) in [5.74, 6) is -1.11. The molecule has 1 aliphatic heterocycles. The van der Waals surface area contributed by atoms with Crippen LogP contribution in [0.1, 0.15) is 84.8 Å². The highest BCUT2D eigenvalue weighted by Crippen LogP contribution is 2.61. The number of aliphatic hydroxyl groups excluding tert-OH is 2. The number of carbonyl (C=O) groups is 3. The number of rotatable bonds is 29. The minimum atomic E-state index is -5.58. The molecule has 28 heteroatoms. The highest BCUT2D eigenvalue weighted by atomic mass is 32.2. The maximum atomic E-state index is 12.7. The zero-order chi connectivity index (χ0) is 46.8. The van der Waals surface area contributed by atoms with Crippen molar-refractivity contribution < 1.29 is 80.5 Å². The number of amides is 2. The number of nitrogen functional groups attached to an aromatic ring is 1. The third-order valence-corrected chi connectivity index (χ3v) is 13.2. The molecule has 3 heterocycles. The molecule has 7 atom stereocenters. The van der Waals surface area contributed by atoms with Gasteiger partial charge < -0.3 is 50.9 Å². The summed E-state index contributed by atoms with van der Waals surface area (Å²) in [5, 5.41) is 26.4. The third-order valence-electron chi connectivity index (χ3n) is 9.16. The number of imidazole rings is 1. The summed E-state index contributed by atoms with van der Waals surface area (Å²) in [6.07, 6.45) is 9.38. The fourth-order valence-corrected chi connectivity index (χ4v) is 9.29. The molecule has 63 heavy (non-hydrogen) atoms. The molecule has 3 rings (SSSR count). The number of hydrogen-bond donors (Lipinski definition) is 9. The number of thioether (sulfide) groups is 1. The maximum Gasteiger partial charge on any atom is 0.481 e. The number of anilines is 1. The van der Waals surface area contributed by atoms with E-state index in [1.165, 1.54) is 46.0 Å². The molecule has 2 aromatic heterocycles. The second-order valence-electron chi connectivity index (χ2n) is 14.9. The molecule has 2 amide bonds. The van der Waals surface area contributed by atoms with Crippen molar-refractivity contribution in [2.24, 2.45) is 5.41 Å². The van der Waals surface area contributed by atoms with Crippen molar-refractivity contribution in [2.75, 3.05) is 37.8 Å². The number of phosphoric acid groups is 3. The molecule has 1 fully saturated rings. The van der Waals surface area contributed by atoms with Gasteiger partial charge in [-0.15, -0.1) is 0 Å². The quantitative estimate of drug-likeness (QED) is 0.0321. The molecule has 356 valence electrons. The van der Waals surface area contributed by atoms with E-state index in [1.54, 1.807) is 6.08 Å². The van der Waals surface area contributed by atoms with Gasteiger partial charge in [-0.3, -0.25) is 32.5 Å². The minimum absolute atomic E-state index is 0.0309. The Labute approximate surface area is 368 Å². The van der Waals surface area contributed by atoms with Crippen LogP contribution in [-0.2, 0) is 50.7 Å². The van der Waals surface area contributed by atoms with Crippen LogP contribution < -0.4 is 16.4 Å². The fraction of sp³-hybridized carbons (Fsp3) is 0.657. The molecule has 0 radical (unpaired) electrons. The van der Waals surface area contributed by atoms with Crippen LogP contribution in [0.5, 0.6) is 0 Å². The minimum Gasteiger partial charge on any atom is -0.386 e. The second kappa shape index (κ2) is 25.7. The summed E-state index contributed by atoms with van der Waals surface area (Å²) in [6.45, 7) is 2.69. The van der Waals surface area contributed by atoms with Gasteiger partial charge >= 0.3 is 23.5 Å². The second-order valence-corrected chi connectivity index (χ2v) is 20.3. The summed E-state index contributed by atoms with van der Waals surface area (Å²) in [4.78, 5) is 88.0.